The third-order valence-corrected chi connectivity index (χ3v) is 6.54. The molecule has 1 aliphatic rings. The first-order valence-corrected chi connectivity index (χ1v) is 12.0. The molecule has 0 saturated carbocycles. The number of carbonyl (C=O) groups is 2. The summed E-state index contributed by atoms with van der Waals surface area (Å²) in [6, 6.07) is 11.2. The van der Waals surface area contributed by atoms with Gasteiger partial charge in [0.25, 0.3) is 5.91 Å². The SMILES string of the molecule is Cc1nc(COc2ccccc2/C=C/C(=O)N2CCN(C(=O)c3ccc(F)cc3Cl)CC2)cs1. The fraction of sp³-hybridized carbons (Fsp3) is 0.240. The number of thiazole rings is 1. The Morgan fingerprint density at radius 1 is 1.15 bits per heavy atom. The molecule has 34 heavy (non-hydrogen) atoms. The van der Waals surface area contributed by atoms with E-state index in [4.69, 9.17) is 16.3 Å². The number of carbonyl (C=O) groups excluding carboxylic acids is 2. The lowest BCUT2D eigenvalue weighted by Crippen LogP contribution is -2.50. The first-order valence-electron chi connectivity index (χ1n) is 10.7. The predicted octanol–water partition coefficient (Wildman–Crippen LogP) is 4.82. The maximum atomic E-state index is 13.3. The van der Waals surface area contributed by atoms with Gasteiger partial charge in [-0.1, -0.05) is 29.8 Å². The quantitative estimate of drug-likeness (QED) is 0.456. The number of hydrogen-bond acceptors (Lipinski definition) is 5. The maximum absolute atomic E-state index is 13.3. The van der Waals surface area contributed by atoms with Crippen molar-refractivity contribution in [2.45, 2.75) is 13.5 Å². The van der Waals surface area contributed by atoms with Gasteiger partial charge in [0.05, 0.1) is 21.3 Å². The van der Waals surface area contributed by atoms with Crippen molar-refractivity contribution < 1.29 is 18.7 Å². The van der Waals surface area contributed by atoms with Crippen LogP contribution in [-0.4, -0.2) is 52.8 Å². The highest BCUT2D eigenvalue weighted by Gasteiger charge is 2.25. The van der Waals surface area contributed by atoms with Crippen molar-refractivity contribution in [3.8, 4) is 5.75 Å². The van der Waals surface area contributed by atoms with Crippen LogP contribution in [0.3, 0.4) is 0 Å². The summed E-state index contributed by atoms with van der Waals surface area (Å²) in [6.45, 7) is 3.85. The van der Waals surface area contributed by atoms with Crippen molar-refractivity contribution in [3.05, 3.63) is 86.6 Å². The van der Waals surface area contributed by atoms with E-state index in [1.165, 1.54) is 18.2 Å². The number of rotatable bonds is 6. The van der Waals surface area contributed by atoms with Gasteiger partial charge in [-0.15, -0.1) is 11.3 Å². The zero-order valence-electron chi connectivity index (χ0n) is 18.5. The zero-order chi connectivity index (χ0) is 24.1. The molecule has 3 aromatic rings. The number of ether oxygens (including phenoxy) is 1. The molecule has 0 atom stereocenters. The monoisotopic (exact) mass is 499 g/mol. The van der Waals surface area contributed by atoms with Gasteiger partial charge in [-0.2, -0.15) is 0 Å². The summed E-state index contributed by atoms with van der Waals surface area (Å²) in [5.41, 5.74) is 1.92. The van der Waals surface area contributed by atoms with E-state index in [-0.39, 0.29) is 22.4 Å². The lowest BCUT2D eigenvalue weighted by atomic mass is 10.1. The van der Waals surface area contributed by atoms with E-state index in [0.717, 1.165) is 22.3 Å². The summed E-state index contributed by atoms with van der Waals surface area (Å²) >= 11 is 7.59. The van der Waals surface area contributed by atoms with E-state index in [9.17, 15) is 14.0 Å². The van der Waals surface area contributed by atoms with Crippen LogP contribution in [0, 0.1) is 12.7 Å². The van der Waals surface area contributed by atoms with Gasteiger partial charge in [-0.25, -0.2) is 9.37 Å². The molecule has 0 aliphatic carbocycles. The molecule has 6 nitrogen and oxygen atoms in total. The van der Waals surface area contributed by atoms with Crippen LogP contribution >= 0.6 is 22.9 Å². The summed E-state index contributed by atoms with van der Waals surface area (Å²) in [5, 5.41) is 3.03. The number of hydrogen-bond donors (Lipinski definition) is 0. The minimum atomic E-state index is -0.492. The highest BCUT2D eigenvalue weighted by atomic mass is 35.5. The van der Waals surface area contributed by atoms with E-state index in [0.29, 0.717) is 38.5 Å². The number of aryl methyl sites for hydroxylation is 1. The molecule has 0 spiro atoms. The van der Waals surface area contributed by atoms with E-state index in [1.54, 1.807) is 27.2 Å². The van der Waals surface area contributed by atoms with Gasteiger partial charge in [0.15, 0.2) is 0 Å². The van der Waals surface area contributed by atoms with Gasteiger partial charge in [0.2, 0.25) is 5.91 Å². The zero-order valence-corrected chi connectivity index (χ0v) is 20.1. The van der Waals surface area contributed by atoms with Crippen LogP contribution in [0.5, 0.6) is 5.75 Å². The standard InChI is InChI=1S/C25H23ClFN3O3S/c1-17-28-20(16-34-17)15-33-23-5-3-2-4-18(23)6-9-24(31)29-10-12-30(13-11-29)25(32)21-8-7-19(27)14-22(21)26/h2-9,14,16H,10-13,15H2,1H3/b9-6+. The molecule has 1 aliphatic heterocycles. The third kappa shape index (κ3) is 5.81. The van der Waals surface area contributed by atoms with Gasteiger partial charge in [0.1, 0.15) is 18.2 Å². The Labute approximate surface area is 206 Å². The maximum Gasteiger partial charge on any atom is 0.255 e. The summed E-state index contributed by atoms with van der Waals surface area (Å²) in [6.07, 6.45) is 3.25. The minimum Gasteiger partial charge on any atom is -0.487 e. The molecule has 0 radical (unpaired) electrons. The number of benzene rings is 2. The second kappa shape index (κ2) is 10.8. The summed E-state index contributed by atoms with van der Waals surface area (Å²) in [7, 11) is 0. The van der Waals surface area contributed by atoms with Crippen LogP contribution in [0.2, 0.25) is 5.02 Å². The van der Waals surface area contributed by atoms with Crippen molar-refractivity contribution in [2.75, 3.05) is 26.2 Å². The first-order chi connectivity index (χ1) is 16.4. The fourth-order valence-electron chi connectivity index (χ4n) is 3.61. The molecule has 1 aromatic heterocycles. The lowest BCUT2D eigenvalue weighted by molar-refractivity contribution is -0.127. The molecule has 0 bridgehead atoms. The van der Waals surface area contributed by atoms with Crippen molar-refractivity contribution in [3.63, 3.8) is 0 Å². The lowest BCUT2D eigenvalue weighted by Gasteiger charge is -2.34. The van der Waals surface area contributed by atoms with Crippen LogP contribution < -0.4 is 4.74 Å². The summed E-state index contributed by atoms with van der Waals surface area (Å²) in [4.78, 5) is 33.1. The summed E-state index contributed by atoms with van der Waals surface area (Å²) in [5.74, 6) is -0.233. The molecule has 9 heteroatoms. The normalized spacial score (nSPS) is 14.0. The van der Waals surface area contributed by atoms with Crippen LogP contribution in [-0.2, 0) is 11.4 Å². The second-order valence-corrected chi connectivity index (χ2v) is 9.23. The van der Waals surface area contributed by atoms with Crippen LogP contribution in [0.25, 0.3) is 6.08 Å². The number of nitrogens with zero attached hydrogens (tertiary/aromatic N) is 3. The smallest absolute Gasteiger partial charge is 0.255 e. The average Bonchev–Trinajstić information content (AvgIpc) is 3.26. The minimum absolute atomic E-state index is 0.0808. The van der Waals surface area contributed by atoms with Crippen molar-refractivity contribution in [1.82, 2.24) is 14.8 Å². The van der Waals surface area contributed by atoms with Crippen molar-refractivity contribution in [2.24, 2.45) is 0 Å². The number of amides is 2. The molecule has 176 valence electrons. The molecule has 2 amide bonds. The predicted molar refractivity (Wildman–Crippen MR) is 131 cm³/mol. The van der Waals surface area contributed by atoms with Gasteiger partial charge in [-0.3, -0.25) is 9.59 Å². The molecule has 2 heterocycles. The Morgan fingerprint density at radius 2 is 1.88 bits per heavy atom. The van der Waals surface area contributed by atoms with E-state index in [2.05, 4.69) is 4.98 Å². The molecule has 1 fully saturated rings. The molecule has 0 unspecified atom stereocenters. The van der Waals surface area contributed by atoms with Crippen molar-refractivity contribution >= 4 is 40.8 Å². The number of halogens is 2. The Hall–Kier alpha value is -3.23. The van der Waals surface area contributed by atoms with E-state index >= 15 is 0 Å². The average molecular weight is 500 g/mol. The van der Waals surface area contributed by atoms with Gasteiger partial charge < -0.3 is 14.5 Å². The van der Waals surface area contributed by atoms with Gasteiger partial charge in [0, 0.05) is 43.2 Å². The van der Waals surface area contributed by atoms with Gasteiger partial charge >= 0.3 is 0 Å². The van der Waals surface area contributed by atoms with E-state index < -0.39 is 5.82 Å². The molecule has 2 aromatic carbocycles. The molecule has 1 saturated heterocycles. The molecular formula is C25H23ClFN3O3S. The van der Waals surface area contributed by atoms with Crippen LogP contribution in [0.4, 0.5) is 4.39 Å². The Kier molecular flexibility index (Phi) is 7.59. The summed E-state index contributed by atoms with van der Waals surface area (Å²) < 4.78 is 19.2. The second-order valence-electron chi connectivity index (χ2n) is 7.76. The molecule has 0 N–H and O–H groups in total. The fourth-order valence-corrected chi connectivity index (χ4v) is 4.45. The number of para-hydroxylation sites is 1. The Bertz CT molecular complexity index is 1220. The highest BCUT2D eigenvalue weighted by molar-refractivity contribution is 7.09. The Morgan fingerprint density at radius 3 is 2.59 bits per heavy atom. The number of aromatic nitrogens is 1. The topological polar surface area (TPSA) is 62.7 Å². The Balaban J connectivity index is 1.33. The first kappa shape index (κ1) is 23.9. The van der Waals surface area contributed by atoms with Crippen LogP contribution in [0.1, 0.15) is 26.6 Å². The van der Waals surface area contributed by atoms with E-state index in [1.807, 2.05) is 36.6 Å². The largest absolute Gasteiger partial charge is 0.487 e. The number of piperazine rings is 1. The molecular weight excluding hydrogens is 477 g/mol. The highest BCUT2D eigenvalue weighted by Crippen LogP contribution is 2.22. The van der Waals surface area contributed by atoms with Gasteiger partial charge in [-0.05, 0) is 37.3 Å². The molecule has 4 rings (SSSR count). The third-order valence-electron chi connectivity index (χ3n) is 5.41. The van der Waals surface area contributed by atoms with Crippen LogP contribution in [0.15, 0.2) is 53.9 Å². The van der Waals surface area contributed by atoms with Crippen molar-refractivity contribution in [1.29, 1.82) is 0 Å².